The fourth-order valence-corrected chi connectivity index (χ4v) is 4.37. The molecule has 0 spiro atoms. The Morgan fingerprint density at radius 3 is 2.07 bits per heavy atom. The number of nitrogens with zero attached hydrogens (tertiary/aromatic N) is 2. The fraction of sp³-hybridized carbons (Fsp3) is 0.615. The molecule has 2 aromatic rings. The summed E-state index contributed by atoms with van der Waals surface area (Å²) in [6.45, 7) is 5.20. The molecule has 0 unspecified atom stereocenters. The number of unbranched alkanes of at least 4 members (excludes halogenated alkanes) is 2. The van der Waals surface area contributed by atoms with Crippen molar-refractivity contribution in [3.05, 3.63) is 42.2 Å². The molecule has 1 heterocycles. The Balaban J connectivity index is 1.43. The standard InChI is InChI=1S/C26H38N2O/c1-3-5-7-21-8-10-22(11-9-21)12-13-23-14-16-24(17-15-23)26-27-19-25(20-28-26)29-18-6-4-2/h14-17,19-22H,3-13,18H2,1-2H3/t21-,22-. The van der Waals surface area contributed by atoms with Crippen LogP contribution in [-0.2, 0) is 6.42 Å². The van der Waals surface area contributed by atoms with E-state index in [2.05, 4.69) is 48.1 Å². The van der Waals surface area contributed by atoms with Gasteiger partial charge in [-0.15, -0.1) is 0 Å². The normalized spacial score (nSPS) is 19.2. The van der Waals surface area contributed by atoms with Gasteiger partial charge in [0.05, 0.1) is 19.0 Å². The predicted octanol–water partition coefficient (Wildman–Crippen LogP) is 7.25. The molecule has 1 aliphatic rings. The van der Waals surface area contributed by atoms with Crippen LogP contribution in [-0.4, -0.2) is 16.6 Å². The van der Waals surface area contributed by atoms with E-state index in [1.807, 2.05) is 0 Å². The Morgan fingerprint density at radius 1 is 0.828 bits per heavy atom. The maximum atomic E-state index is 5.65. The monoisotopic (exact) mass is 394 g/mol. The zero-order valence-corrected chi connectivity index (χ0v) is 18.4. The van der Waals surface area contributed by atoms with Gasteiger partial charge in [0, 0.05) is 5.56 Å². The lowest BCUT2D eigenvalue weighted by Gasteiger charge is -2.28. The molecule has 0 amide bonds. The highest BCUT2D eigenvalue weighted by molar-refractivity contribution is 5.55. The molecule has 3 rings (SSSR count). The molecule has 3 heteroatoms. The second-order valence-corrected chi connectivity index (χ2v) is 8.71. The Hall–Kier alpha value is -1.90. The summed E-state index contributed by atoms with van der Waals surface area (Å²) in [4.78, 5) is 8.94. The molecule has 3 nitrogen and oxygen atoms in total. The first-order valence-electron chi connectivity index (χ1n) is 11.8. The van der Waals surface area contributed by atoms with Crippen LogP contribution >= 0.6 is 0 Å². The average molecular weight is 395 g/mol. The highest BCUT2D eigenvalue weighted by atomic mass is 16.5. The molecule has 0 radical (unpaired) electrons. The minimum absolute atomic E-state index is 0.730. The summed E-state index contributed by atoms with van der Waals surface area (Å²) in [5, 5.41) is 0. The van der Waals surface area contributed by atoms with Gasteiger partial charge < -0.3 is 4.74 Å². The van der Waals surface area contributed by atoms with Gasteiger partial charge in [-0.05, 0) is 36.7 Å². The Morgan fingerprint density at radius 2 is 1.45 bits per heavy atom. The van der Waals surface area contributed by atoms with Crippen LogP contribution in [0.1, 0.15) is 83.6 Å². The van der Waals surface area contributed by atoms with Crippen molar-refractivity contribution in [2.75, 3.05) is 6.61 Å². The summed E-state index contributed by atoms with van der Waals surface area (Å²) in [6.07, 6.45) is 18.3. The SMILES string of the molecule is CCCCOc1cnc(-c2ccc(CC[C@H]3CC[C@H](CCCC)CC3)cc2)nc1. The van der Waals surface area contributed by atoms with E-state index in [9.17, 15) is 0 Å². The van der Waals surface area contributed by atoms with Crippen molar-refractivity contribution in [1.82, 2.24) is 9.97 Å². The van der Waals surface area contributed by atoms with E-state index < -0.39 is 0 Å². The van der Waals surface area contributed by atoms with Crippen LogP contribution < -0.4 is 4.74 Å². The molecule has 1 saturated carbocycles. The van der Waals surface area contributed by atoms with E-state index in [0.717, 1.165) is 48.4 Å². The molecule has 1 fully saturated rings. The number of ether oxygens (including phenoxy) is 1. The first-order valence-corrected chi connectivity index (χ1v) is 11.8. The fourth-order valence-electron chi connectivity index (χ4n) is 4.37. The minimum Gasteiger partial charge on any atom is -0.490 e. The van der Waals surface area contributed by atoms with Gasteiger partial charge in [-0.1, -0.05) is 89.5 Å². The van der Waals surface area contributed by atoms with Gasteiger partial charge in [0.1, 0.15) is 0 Å². The molecular formula is C26H38N2O. The smallest absolute Gasteiger partial charge is 0.159 e. The minimum atomic E-state index is 0.730. The lowest BCUT2D eigenvalue weighted by atomic mass is 9.78. The summed E-state index contributed by atoms with van der Waals surface area (Å²) in [5.74, 6) is 3.46. The number of aryl methyl sites for hydroxylation is 1. The van der Waals surface area contributed by atoms with Crippen molar-refractivity contribution in [2.45, 2.75) is 84.5 Å². The van der Waals surface area contributed by atoms with Crippen molar-refractivity contribution in [1.29, 1.82) is 0 Å². The van der Waals surface area contributed by atoms with Crippen molar-refractivity contribution < 1.29 is 4.74 Å². The number of hydrogen-bond acceptors (Lipinski definition) is 3. The van der Waals surface area contributed by atoms with Crippen molar-refractivity contribution in [3.63, 3.8) is 0 Å². The third-order valence-corrected chi connectivity index (χ3v) is 6.38. The van der Waals surface area contributed by atoms with Gasteiger partial charge in [-0.25, -0.2) is 9.97 Å². The van der Waals surface area contributed by atoms with Gasteiger partial charge in [0.15, 0.2) is 11.6 Å². The van der Waals surface area contributed by atoms with Crippen LogP contribution in [0.4, 0.5) is 0 Å². The molecule has 158 valence electrons. The van der Waals surface area contributed by atoms with E-state index in [-0.39, 0.29) is 0 Å². The van der Waals surface area contributed by atoms with Crippen LogP contribution in [0.3, 0.4) is 0 Å². The second-order valence-electron chi connectivity index (χ2n) is 8.71. The quantitative estimate of drug-likeness (QED) is 0.376. The highest BCUT2D eigenvalue weighted by Gasteiger charge is 2.20. The zero-order chi connectivity index (χ0) is 20.3. The van der Waals surface area contributed by atoms with Gasteiger partial charge in [-0.2, -0.15) is 0 Å². The first-order chi connectivity index (χ1) is 14.3. The first kappa shape index (κ1) is 21.8. The van der Waals surface area contributed by atoms with E-state index in [1.54, 1.807) is 12.4 Å². The number of aromatic nitrogens is 2. The van der Waals surface area contributed by atoms with E-state index in [0.29, 0.717) is 0 Å². The van der Waals surface area contributed by atoms with Crippen molar-refractivity contribution in [3.8, 4) is 17.1 Å². The second kappa shape index (κ2) is 11.9. The summed E-state index contributed by atoms with van der Waals surface area (Å²) >= 11 is 0. The van der Waals surface area contributed by atoms with E-state index >= 15 is 0 Å². The molecule has 29 heavy (non-hydrogen) atoms. The Labute approximate surface area is 177 Å². The van der Waals surface area contributed by atoms with Crippen LogP contribution in [0.2, 0.25) is 0 Å². The summed E-state index contributed by atoms with van der Waals surface area (Å²) in [7, 11) is 0. The average Bonchev–Trinajstić information content (AvgIpc) is 2.78. The molecule has 0 aliphatic heterocycles. The van der Waals surface area contributed by atoms with E-state index in [4.69, 9.17) is 4.74 Å². The third-order valence-electron chi connectivity index (χ3n) is 6.38. The van der Waals surface area contributed by atoms with Gasteiger partial charge in [0.25, 0.3) is 0 Å². The maximum Gasteiger partial charge on any atom is 0.159 e. The number of benzene rings is 1. The van der Waals surface area contributed by atoms with Gasteiger partial charge in [0.2, 0.25) is 0 Å². The molecule has 0 N–H and O–H groups in total. The zero-order valence-electron chi connectivity index (χ0n) is 18.4. The third kappa shape index (κ3) is 7.13. The van der Waals surface area contributed by atoms with E-state index in [1.165, 1.54) is 63.4 Å². The summed E-state index contributed by atoms with van der Waals surface area (Å²) in [5.41, 5.74) is 2.51. The maximum absolute atomic E-state index is 5.65. The number of rotatable bonds is 11. The predicted molar refractivity (Wildman–Crippen MR) is 121 cm³/mol. The molecule has 0 atom stereocenters. The van der Waals surface area contributed by atoms with Gasteiger partial charge in [-0.3, -0.25) is 0 Å². The van der Waals surface area contributed by atoms with Crippen LogP contribution in [0.15, 0.2) is 36.7 Å². The van der Waals surface area contributed by atoms with Crippen LogP contribution in [0, 0.1) is 11.8 Å². The molecule has 0 bridgehead atoms. The highest BCUT2D eigenvalue weighted by Crippen LogP contribution is 2.34. The molecule has 1 aromatic heterocycles. The van der Waals surface area contributed by atoms with Crippen molar-refractivity contribution >= 4 is 0 Å². The molecular weight excluding hydrogens is 356 g/mol. The van der Waals surface area contributed by atoms with Crippen LogP contribution in [0.25, 0.3) is 11.4 Å². The lowest BCUT2D eigenvalue weighted by Crippen LogP contribution is -2.15. The lowest BCUT2D eigenvalue weighted by molar-refractivity contribution is 0.250. The Bertz CT molecular complexity index is 688. The summed E-state index contributed by atoms with van der Waals surface area (Å²) in [6, 6.07) is 8.81. The largest absolute Gasteiger partial charge is 0.490 e. The molecule has 0 saturated heterocycles. The summed E-state index contributed by atoms with van der Waals surface area (Å²) < 4.78 is 5.65. The van der Waals surface area contributed by atoms with Crippen molar-refractivity contribution in [2.24, 2.45) is 11.8 Å². The molecule has 1 aliphatic carbocycles. The van der Waals surface area contributed by atoms with Gasteiger partial charge >= 0.3 is 0 Å². The van der Waals surface area contributed by atoms with Crippen LogP contribution in [0.5, 0.6) is 5.75 Å². The topological polar surface area (TPSA) is 35.0 Å². The number of hydrogen-bond donors (Lipinski definition) is 0. The Kier molecular flexibility index (Phi) is 8.98. The molecule has 1 aromatic carbocycles.